The Bertz CT molecular complexity index is 1200. The fraction of sp³-hybridized carbons (Fsp3) is 0.192. The third-order valence-electron chi connectivity index (χ3n) is 5.01. The van der Waals surface area contributed by atoms with Crippen LogP contribution in [0.3, 0.4) is 0 Å². The molecule has 36 heavy (non-hydrogen) atoms. The molecule has 0 aliphatic carbocycles. The van der Waals surface area contributed by atoms with Gasteiger partial charge >= 0.3 is 6.09 Å². The molecule has 3 aromatic carbocycles. The van der Waals surface area contributed by atoms with E-state index in [1.54, 1.807) is 43.3 Å². The number of nitrogens with zero attached hydrogens (tertiary/aromatic N) is 2. The van der Waals surface area contributed by atoms with E-state index in [1.807, 2.05) is 30.3 Å². The molecule has 2 N–H and O–H groups in total. The monoisotopic (exact) mass is 490 g/mol. The maximum atomic E-state index is 12.5. The lowest BCUT2D eigenvalue weighted by Gasteiger charge is -2.18. The van der Waals surface area contributed by atoms with Crippen LogP contribution in [0.25, 0.3) is 0 Å². The summed E-state index contributed by atoms with van der Waals surface area (Å²) in [5, 5.41) is 17.5. The summed E-state index contributed by atoms with van der Waals surface area (Å²) in [7, 11) is 0. The van der Waals surface area contributed by atoms with Gasteiger partial charge in [-0.05, 0) is 42.3 Å². The van der Waals surface area contributed by atoms with Crippen LogP contribution >= 0.6 is 0 Å². The van der Waals surface area contributed by atoms with E-state index in [-0.39, 0.29) is 25.3 Å². The third kappa shape index (κ3) is 7.94. The molecule has 0 radical (unpaired) electrons. The fourth-order valence-corrected chi connectivity index (χ4v) is 3.25. The number of alkyl carbamates (subject to hydrolysis) is 1. The summed E-state index contributed by atoms with van der Waals surface area (Å²) >= 11 is 0. The molecule has 10 heteroatoms. The molecule has 0 saturated carbocycles. The van der Waals surface area contributed by atoms with Gasteiger partial charge in [-0.1, -0.05) is 42.5 Å². The quantitative estimate of drug-likeness (QED) is 0.231. The van der Waals surface area contributed by atoms with Crippen LogP contribution in [-0.4, -0.2) is 29.7 Å². The minimum atomic E-state index is -0.609. The van der Waals surface area contributed by atoms with Crippen LogP contribution in [-0.2, 0) is 16.1 Å². The summed E-state index contributed by atoms with van der Waals surface area (Å²) in [6.07, 6.45) is 0.805. The highest BCUT2D eigenvalue weighted by Crippen LogP contribution is 2.19. The van der Waals surface area contributed by atoms with Crippen molar-refractivity contribution in [3.63, 3.8) is 0 Å². The van der Waals surface area contributed by atoms with Crippen molar-refractivity contribution < 1.29 is 24.0 Å². The van der Waals surface area contributed by atoms with Crippen LogP contribution in [0.4, 0.5) is 10.5 Å². The fourth-order valence-electron chi connectivity index (χ4n) is 3.25. The number of ether oxygens (including phenoxy) is 2. The topological polar surface area (TPSA) is 132 Å². The molecular weight excluding hydrogens is 464 g/mol. The van der Waals surface area contributed by atoms with Crippen LogP contribution in [0, 0.1) is 10.1 Å². The summed E-state index contributed by atoms with van der Waals surface area (Å²) in [5.74, 6) is 0.126. The first-order chi connectivity index (χ1) is 17.5. The second kappa shape index (κ2) is 13.2. The Hall–Kier alpha value is -4.73. The number of carbonyl (C=O) groups is 2. The molecule has 3 rings (SSSR count). The number of hydrazone groups is 1. The Morgan fingerprint density at radius 2 is 1.72 bits per heavy atom. The van der Waals surface area contributed by atoms with Crippen molar-refractivity contribution in [2.24, 2.45) is 5.10 Å². The summed E-state index contributed by atoms with van der Waals surface area (Å²) < 4.78 is 10.8. The molecule has 186 valence electrons. The van der Waals surface area contributed by atoms with Crippen molar-refractivity contribution in [3.05, 3.63) is 106 Å². The van der Waals surface area contributed by atoms with Crippen molar-refractivity contribution in [1.29, 1.82) is 0 Å². The van der Waals surface area contributed by atoms with Crippen LogP contribution < -0.4 is 15.5 Å². The van der Waals surface area contributed by atoms with Crippen LogP contribution in [0.1, 0.15) is 36.1 Å². The standard InChI is InChI=1S/C26H26N4O6/c1-2-35-26(32)28-23(20-8-4-3-5-9-20)16-25(31)29-27-17-21-10-6-7-11-24(21)36-18-19-12-14-22(15-13-19)30(33)34/h3-15,17,23H,2,16,18H2,1H3,(H,28,32)(H,29,31)/b27-17-/t23-/m1/s1. The minimum absolute atomic E-state index is 0.00832. The molecule has 0 heterocycles. The van der Waals surface area contributed by atoms with Crippen molar-refractivity contribution >= 4 is 23.9 Å². The van der Waals surface area contributed by atoms with Gasteiger partial charge in [0.15, 0.2) is 0 Å². The molecule has 3 aromatic rings. The van der Waals surface area contributed by atoms with Crippen LogP contribution in [0.5, 0.6) is 5.75 Å². The lowest BCUT2D eigenvalue weighted by molar-refractivity contribution is -0.384. The van der Waals surface area contributed by atoms with Gasteiger partial charge in [0.05, 0.1) is 30.2 Å². The van der Waals surface area contributed by atoms with E-state index >= 15 is 0 Å². The van der Waals surface area contributed by atoms with Crippen LogP contribution in [0.15, 0.2) is 84.0 Å². The number of para-hydroxylation sites is 1. The van der Waals surface area contributed by atoms with Crippen molar-refractivity contribution in [3.8, 4) is 5.75 Å². The lowest BCUT2D eigenvalue weighted by atomic mass is 10.0. The molecule has 10 nitrogen and oxygen atoms in total. The third-order valence-corrected chi connectivity index (χ3v) is 5.01. The number of nitro groups is 1. The Morgan fingerprint density at radius 3 is 2.42 bits per heavy atom. The predicted molar refractivity (Wildman–Crippen MR) is 134 cm³/mol. The van der Waals surface area contributed by atoms with E-state index < -0.39 is 23.0 Å². The van der Waals surface area contributed by atoms with Gasteiger partial charge in [0.2, 0.25) is 5.91 Å². The average Bonchev–Trinajstić information content (AvgIpc) is 2.88. The zero-order valence-electron chi connectivity index (χ0n) is 19.6. The molecule has 0 spiro atoms. The number of benzene rings is 3. The normalized spacial score (nSPS) is 11.5. The zero-order valence-corrected chi connectivity index (χ0v) is 19.6. The second-order valence-corrected chi connectivity index (χ2v) is 7.58. The Morgan fingerprint density at radius 1 is 1.03 bits per heavy atom. The summed E-state index contributed by atoms with van der Waals surface area (Å²) in [6.45, 7) is 2.12. The van der Waals surface area contributed by atoms with E-state index in [1.165, 1.54) is 18.3 Å². The molecule has 0 aromatic heterocycles. The molecular formula is C26H26N4O6. The second-order valence-electron chi connectivity index (χ2n) is 7.58. The van der Waals surface area contributed by atoms with E-state index in [4.69, 9.17) is 9.47 Å². The summed E-state index contributed by atoms with van der Waals surface area (Å²) in [5.41, 5.74) is 4.63. The number of hydrogen-bond donors (Lipinski definition) is 2. The Labute approximate surface area is 208 Å². The van der Waals surface area contributed by atoms with E-state index in [0.717, 1.165) is 11.1 Å². The number of nitro benzene ring substituents is 1. The number of carbonyl (C=O) groups excluding carboxylic acids is 2. The number of hydrogen-bond acceptors (Lipinski definition) is 7. The van der Waals surface area contributed by atoms with E-state index in [2.05, 4.69) is 15.8 Å². The molecule has 1 atom stereocenters. The molecule has 0 fully saturated rings. The highest BCUT2D eigenvalue weighted by Gasteiger charge is 2.18. The maximum Gasteiger partial charge on any atom is 0.407 e. The number of nitrogens with one attached hydrogen (secondary N) is 2. The average molecular weight is 491 g/mol. The molecule has 0 saturated heterocycles. The van der Waals surface area contributed by atoms with Gasteiger partial charge in [-0.2, -0.15) is 5.10 Å². The van der Waals surface area contributed by atoms with E-state index in [9.17, 15) is 19.7 Å². The summed E-state index contributed by atoms with van der Waals surface area (Å²) in [6, 6.07) is 21.7. The van der Waals surface area contributed by atoms with Crippen LogP contribution in [0.2, 0.25) is 0 Å². The molecule has 0 unspecified atom stereocenters. The summed E-state index contributed by atoms with van der Waals surface area (Å²) in [4.78, 5) is 34.8. The maximum absolute atomic E-state index is 12.5. The minimum Gasteiger partial charge on any atom is -0.488 e. The zero-order chi connectivity index (χ0) is 25.8. The first kappa shape index (κ1) is 25.9. The van der Waals surface area contributed by atoms with Crippen molar-refractivity contribution in [2.45, 2.75) is 26.0 Å². The molecule has 0 aliphatic heterocycles. The largest absolute Gasteiger partial charge is 0.488 e. The molecule has 0 aliphatic rings. The SMILES string of the molecule is CCOC(=O)N[C@H](CC(=O)N/N=C\c1ccccc1OCc1ccc([N+](=O)[O-])cc1)c1ccccc1. The number of amides is 2. The van der Waals surface area contributed by atoms with Gasteiger partial charge in [-0.15, -0.1) is 0 Å². The van der Waals surface area contributed by atoms with Gasteiger partial charge in [-0.3, -0.25) is 14.9 Å². The van der Waals surface area contributed by atoms with Crippen molar-refractivity contribution in [1.82, 2.24) is 10.7 Å². The lowest BCUT2D eigenvalue weighted by Crippen LogP contribution is -2.33. The van der Waals surface area contributed by atoms with E-state index in [0.29, 0.717) is 11.3 Å². The van der Waals surface area contributed by atoms with Gasteiger partial charge in [-0.25, -0.2) is 10.2 Å². The highest BCUT2D eigenvalue weighted by atomic mass is 16.6. The first-order valence-electron chi connectivity index (χ1n) is 11.2. The molecule has 2 amide bonds. The predicted octanol–water partition coefficient (Wildman–Crippen LogP) is 4.50. The van der Waals surface area contributed by atoms with Crippen molar-refractivity contribution in [2.75, 3.05) is 6.61 Å². The Balaban J connectivity index is 1.59. The van der Waals surface area contributed by atoms with Gasteiger partial charge in [0, 0.05) is 17.7 Å². The van der Waals surface area contributed by atoms with Gasteiger partial charge < -0.3 is 14.8 Å². The highest BCUT2D eigenvalue weighted by molar-refractivity contribution is 5.85. The Kier molecular flexibility index (Phi) is 9.51. The van der Waals surface area contributed by atoms with Gasteiger partial charge in [0.25, 0.3) is 5.69 Å². The number of non-ortho nitro benzene ring substituents is 1. The number of rotatable bonds is 11. The first-order valence-corrected chi connectivity index (χ1v) is 11.2. The molecule has 0 bridgehead atoms. The smallest absolute Gasteiger partial charge is 0.407 e. The van der Waals surface area contributed by atoms with Gasteiger partial charge in [0.1, 0.15) is 12.4 Å².